The Morgan fingerprint density at radius 2 is 2.32 bits per heavy atom. The summed E-state index contributed by atoms with van der Waals surface area (Å²) in [5.74, 6) is -0.615. The summed E-state index contributed by atoms with van der Waals surface area (Å²) in [5.41, 5.74) is 5.00. The summed E-state index contributed by atoms with van der Waals surface area (Å²) in [6.07, 6.45) is 4.86. The maximum Gasteiger partial charge on any atom is 0.159 e. The smallest absolute Gasteiger partial charge is 0.159 e. The van der Waals surface area contributed by atoms with Crippen LogP contribution in [0.1, 0.15) is 12.5 Å². The summed E-state index contributed by atoms with van der Waals surface area (Å²) in [4.78, 5) is 0. The van der Waals surface area contributed by atoms with Crippen molar-refractivity contribution in [2.24, 2.45) is 5.73 Å². The van der Waals surface area contributed by atoms with Gasteiger partial charge in [0.25, 0.3) is 0 Å². The minimum atomic E-state index is -1.87. The van der Waals surface area contributed by atoms with Crippen LogP contribution in [0.4, 0.5) is 8.78 Å². The van der Waals surface area contributed by atoms with Gasteiger partial charge in [0.1, 0.15) is 11.9 Å². The standard InChI is InChI=1S/C13H17F2N3O/c1-13(15)4-9(3-11(14)12(13)19-2)7-18-8-10(5-16)6-17-18/h3-4,6,8,12H,5,7,16H2,1-2H3. The van der Waals surface area contributed by atoms with Crippen LogP contribution < -0.4 is 5.73 Å². The third-order valence-electron chi connectivity index (χ3n) is 3.06. The van der Waals surface area contributed by atoms with E-state index < -0.39 is 17.6 Å². The Morgan fingerprint density at radius 1 is 1.58 bits per heavy atom. The van der Waals surface area contributed by atoms with Crippen LogP contribution in [0.15, 0.2) is 35.9 Å². The number of hydrogen-bond donors (Lipinski definition) is 1. The van der Waals surface area contributed by atoms with Gasteiger partial charge in [-0.05, 0) is 24.6 Å². The van der Waals surface area contributed by atoms with Crippen molar-refractivity contribution in [1.29, 1.82) is 0 Å². The van der Waals surface area contributed by atoms with E-state index in [1.54, 1.807) is 17.1 Å². The fourth-order valence-corrected chi connectivity index (χ4v) is 2.22. The van der Waals surface area contributed by atoms with Gasteiger partial charge in [-0.15, -0.1) is 0 Å². The van der Waals surface area contributed by atoms with Gasteiger partial charge in [-0.2, -0.15) is 5.10 Å². The maximum atomic E-state index is 14.3. The van der Waals surface area contributed by atoms with Gasteiger partial charge in [0.15, 0.2) is 5.67 Å². The zero-order valence-corrected chi connectivity index (χ0v) is 10.9. The molecule has 0 aliphatic heterocycles. The van der Waals surface area contributed by atoms with Gasteiger partial charge >= 0.3 is 0 Å². The van der Waals surface area contributed by atoms with E-state index in [-0.39, 0.29) is 0 Å². The first-order valence-electron chi connectivity index (χ1n) is 5.98. The van der Waals surface area contributed by atoms with Gasteiger partial charge in [0.05, 0.1) is 12.7 Å². The highest BCUT2D eigenvalue weighted by Crippen LogP contribution is 2.33. The molecule has 1 aliphatic carbocycles. The first-order valence-corrected chi connectivity index (χ1v) is 5.98. The molecule has 2 unspecified atom stereocenters. The number of ether oxygens (including phenoxy) is 1. The van der Waals surface area contributed by atoms with Crippen LogP contribution in [0.5, 0.6) is 0 Å². The number of nitrogens with zero attached hydrogens (tertiary/aromatic N) is 2. The van der Waals surface area contributed by atoms with E-state index in [1.165, 1.54) is 26.2 Å². The van der Waals surface area contributed by atoms with Crippen LogP contribution in [-0.4, -0.2) is 28.7 Å². The highest BCUT2D eigenvalue weighted by Gasteiger charge is 2.39. The molecular weight excluding hydrogens is 252 g/mol. The molecule has 0 saturated carbocycles. The summed E-state index contributed by atoms with van der Waals surface area (Å²) in [6, 6.07) is 0. The topological polar surface area (TPSA) is 53.1 Å². The lowest BCUT2D eigenvalue weighted by molar-refractivity contribution is 0.00865. The summed E-state index contributed by atoms with van der Waals surface area (Å²) in [5, 5.41) is 4.08. The minimum absolute atomic E-state index is 0.295. The molecule has 0 spiro atoms. The lowest BCUT2D eigenvalue weighted by Gasteiger charge is -2.29. The number of allylic oxidation sites excluding steroid dienone is 2. The molecule has 0 saturated heterocycles. The number of aromatic nitrogens is 2. The van der Waals surface area contributed by atoms with Crippen molar-refractivity contribution in [2.75, 3.05) is 7.11 Å². The minimum Gasteiger partial charge on any atom is -0.371 e. The van der Waals surface area contributed by atoms with Gasteiger partial charge in [0.2, 0.25) is 0 Å². The summed E-state index contributed by atoms with van der Waals surface area (Å²) >= 11 is 0. The number of rotatable bonds is 4. The molecule has 1 aromatic heterocycles. The van der Waals surface area contributed by atoms with Gasteiger partial charge in [-0.3, -0.25) is 4.68 Å². The molecule has 2 atom stereocenters. The van der Waals surface area contributed by atoms with Gasteiger partial charge in [-0.25, -0.2) is 8.78 Å². The zero-order chi connectivity index (χ0) is 14.0. The molecule has 0 amide bonds. The van der Waals surface area contributed by atoms with E-state index in [1.807, 2.05) is 0 Å². The second kappa shape index (κ2) is 5.22. The summed E-state index contributed by atoms with van der Waals surface area (Å²) in [6.45, 7) is 1.97. The van der Waals surface area contributed by atoms with E-state index in [0.717, 1.165) is 5.56 Å². The van der Waals surface area contributed by atoms with Crippen molar-refractivity contribution in [1.82, 2.24) is 9.78 Å². The fourth-order valence-electron chi connectivity index (χ4n) is 2.22. The SMILES string of the molecule is COC1C(F)=CC(Cn2cc(CN)cn2)=CC1(C)F. The predicted octanol–water partition coefficient (Wildman–Crippen LogP) is 1.88. The van der Waals surface area contributed by atoms with Crippen molar-refractivity contribution in [2.45, 2.75) is 31.8 Å². The molecule has 1 aliphatic rings. The summed E-state index contributed by atoms with van der Waals surface area (Å²) in [7, 11) is 1.29. The lowest BCUT2D eigenvalue weighted by atomic mass is 9.91. The van der Waals surface area contributed by atoms with Gasteiger partial charge in [0, 0.05) is 25.4 Å². The average molecular weight is 269 g/mol. The molecule has 0 fully saturated rings. The van der Waals surface area contributed by atoms with Crippen molar-refractivity contribution < 1.29 is 13.5 Å². The third-order valence-corrected chi connectivity index (χ3v) is 3.06. The molecular formula is C13H17F2N3O. The molecule has 0 radical (unpaired) electrons. The molecule has 1 heterocycles. The van der Waals surface area contributed by atoms with E-state index in [2.05, 4.69) is 5.10 Å². The molecule has 6 heteroatoms. The Balaban J connectivity index is 2.19. The fraction of sp³-hybridized carbons (Fsp3) is 0.462. The number of hydrogen-bond acceptors (Lipinski definition) is 3. The van der Waals surface area contributed by atoms with Crippen molar-refractivity contribution in [3.63, 3.8) is 0 Å². The molecule has 2 N–H and O–H groups in total. The van der Waals surface area contributed by atoms with Crippen LogP contribution in [-0.2, 0) is 17.8 Å². The van der Waals surface area contributed by atoms with Crippen LogP contribution in [0, 0.1) is 0 Å². The van der Waals surface area contributed by atoms with E-state index in [9.17, 15) is 8.78 Å². The van der Waals surface area contributed by atoms with Crippen LogP contribution in [0.2, 0.25) is 0 Å². The Kier molecular flexibility index (Phi) is 3.82. The van der Waals surface area contributed by atoms with Crippen molar-refractivity contribution in [3.05, 3.63) is 41.5 Å². The maximum absolute atomic E-state index is 14.3. The number of alkyl halides is 1. The molecule has 4 nitrogen and oxygen atoms in total. The second-order valence-corrected chi connectivity index (χ2v) is 4.77. The highest BCUT2D eigenvalue weighted by molar-refractivity contribution is 5.34. The van der Waals surface area contributed by atoms with Crippen molar-refractivity contribution >= 4 is 0 Å². The van der Waals surface area contributed by atoms with Crippen LogP contribution >= 0.6 is 0 Å². The molecule has 0 bridgehead atoms. The Morgan fingerprint density at radius 3 is 2.84 bits per heavy atom. The molecule has 1 aromatic rings. The number of halogens is 2. The van der Waals surface area contributed by atoms with Crippen LogP contribution in [0.25, 0.3) is 0 Å². The van der Waals surface area contributed by atoms with Gasteiger partial charge in [-0.1, -0.05) is 0 Å². The first-order chi connectivity index (χ1) is 8.96. The molecule has 0 aromatic carbocycles. The molecule has 104 valence electrons. The third kappa shape index (κ3) is 2.90. The lowest BCUT2D eigenvalue weighted by Crippen LogP contribution is -2.37. The number of nitrogens with two attached hydrogens (primary N) is 1. The monoisotopic (exact) mass is 269 g/mol. The van der Waals surface area contributed by atoms with Crippen molar-refractivity contribution in [3.8, 4) is 0 Å². The Bertz CT molecular complexity index is 520. The molecule has 19 heavy (non-hydrogen) atoms. The normalized spacial score (nSPS) is 27.1. The predicted molar refractivity (Wildman–Crippen MR) is 67.7 cm³/mol. The van der Waals surface area contributed by atoms with Crippen LogP contribution in [0.3, 0.4) is 0 Å². The Labute approximate surface area is 110 Å². The number of methoxy groups -OCH3 is 1. The van der Waals surface area contributed by atoms with E-state index in [0.29, 0.717) is 18.7 Å². The first kappa shape index (κ1) is 13.9. The highest BCUT2D eigenvalue weighted by atomic mass is 19.2. The quantitative estimate of drug-likeness (QED) is 0.908. The Hall–Kier alpha value is -1.53. The van der Waals surface area contributed by atoms with Gasteiger partial charge < -0.3 is 10.5 Å². The zero-order valence-electron chi connectivity index (χ0n) is 10.9. The second-order valence-electron chi connectivity index (χ2n) is 4.77. The average Bonchev–Trinajstić information content (AvgIpc) is 2.75. The van der Waals surface area contributed by atoms with E-state index >= 15 is 0 Å². The van der Waals surface area contributed by atoms with E-state index in [4.69, 9.17) is 10.5 Å². The molecule has 2 rings (SSSR count). The summed E-state index contributed by atoms with van der Waals surface area (Å²) < 4.78 is 34.5. The largest absolute Gasteiger partial charge is 0.371 e.